The number of benzene rings is 2. The molecule has 0 bridgehead atoms. The van der Waals surface area contributed by atoms with Crippen molar-refractivity contribution < 1.29 is 17.9 Å². The Labute approximate surface area is 164 Å². The van der Waals surface area contributed by atoms with Gasteiger partial charge in [-0.15, -0.1) is 0 Å². The average Bonchev–Trinajstić information content (AvgIpc) is 2.64. The first-order chi connectivity index (χ1) is 12.8. The van der Waals surface area contributed by atoms with Gasteiger partial charge in [-0.05, 0) is 43.7 Å². The Morgan fingerprint density at radius 3 is 2.48 bits per heavy atom. The molecule has 2 aromatic rings. The molecule has 0 radical (unpaired) electrons. The summed E-state index contributed by atoms with van der Waals surface area (Å²) in [6.45, 7) is 5.65. The van der Waals surface area contributed by atoms with E-state index in [9.17, 15) is 13.2 Å². The van der Waals surface area contributed by atoms with Crippen LogP contribution in [0, 0.1) is 13.8 Å². The second kappa shape index (κ2) is 7.88. The molecule has 1 fully saturated rings. The average molecular weight is 409 g/mol. The maximum absolute atomic E-state index is 12.9. The van der Waals surface area contributed by atoms with Gasteiger partial charge in [-0.1, -0.05) is 29.3 Å². The quantitative estimate of drug-likeness (QED) is 0.842. The molecule has 6 nitrogen and oxygen atoms in total. The standard InChI is InChI=1S/C19H21ClN2O4S/c1-13-3-6-17(14(2)11-13)21-27(24,25)18-12-15(4-5-16(18)20)19(23)22-7-9-26-10-8-22/h3-6,11-12,21H,7-10H2,1-2H3. The number of sulfonamides is 1. The molecule has 0 spiro atoms. The Morgan fingerprint density at radius 1 is 1.11 bits per heavy atom. The van der Waals surface area contributed by atoms with E-state index in [1.807, 2.05) is 26.0 Å². The molecule has 0 saturated carbocycles. The van der Waals surface area contributed by atoms with Gasteiger partial charge in [0.05, 0.1) is 23.9 Å². The molecule has 1 aliphatic heterocycles. The molecule has 144 valence electrons. The van der Waals surface area contributed by atoms with Crippen molar-refractivity contribution in [2.24, 2.45) is 0 Å². The summed E-state index contributed by atoms with van der Waals surface area (Å²) < 4.78 is 33.5. The molecule has 0 aliphatic carbocycles. The number of carbonyl (C=O) groups excluding carboxylic acids is 1. The van der Waals surface area contributed by atoms with Crippen LogP contribution in [-0.2, 0) is 14.8 Å². The number of rotatable bonds is 4. The van der Waals surface area contributed by atoms with Crippen LogP contribution >= 0.6 is 11.6 Å². The van der Waals surface area contributed by atoms with E-state index in [-0.39, 0.29) is 21.4 Å². The Hall–Kier alpha value is -2.09. The van der Waals surface area contributed by atoms with Crippen molar-refractivity contribution in [1.82, 2.24) is 4.90 Å². The smallest absolute Gasteiger partial charge is 0.263 e. The number of hydrogen-bond acceptors (Lipinski definition) is 4. The van der Waals surface area contributed by atoms with Gasteiger partial charge in [0.2, 0.25) is 0 Å². The summed E-state index contributed by atoms with van der Waals surface area (Å²) in [6.07, 6.45) is 0. The van der Waals surface area contributed by atoms with E-state index in [0.29, 0.717) is 32.0 Å². The third-order valence-corrected chi connectivity index (χ3v) is 6.24. The second-order valence-electron chi connectivity index (χ2n) is 6.47. The zero-order valence-corrected chi connectivity index (χ0v) is 16.7. The number of halogens is 1. The molecule has 8 heteroatoms. The van der Waals surface area contributed by atoms with Crippen molar-refractivity contribution in [3.63, 3.8) is 0 Å². The molecular formula is C19H21ClN2O4S. The number of nitrogens with one attached hydrogen (secondary N) is 1. The molecule has 1 N–H and O–H groups in total. The van der Waals surface area contributed by atoms with Crippen LogP contribution in [0.2, 0.25) is 5.02 Å². The van der Waals surface area contributed by atoms with Crippen molar-refractivity contribution in [2.45, 2.75) is 18.7 Å². The minimum absolute atomic E-state index is 0.0609. The highest BCUT2D eigenvalue weighted by atomic mass is 35.5. The lowest BCUT2D eigenvalue weighted by molar-refractivity contribution is 0.0302. The largest absolute Gasteiger partial charge is 0.378 e. The Bertz CT molecular complexity index is 970. The van der Waals surface area contributed by atoms with Crippen molar-refractivity contribution >= 4 is 33.2 Å². The van der Waals surface area contributed by atoms with Crippen molar-refractivity contribution in [3.05, 3.63) is 58.1 Å². The molecule has 1 heterocycles. The van der Waals surface area contributed by atoms with E-state index >= 15 is 0 Å². The fourth-order valence-corrected chi connectivity index (χ4v) is 4.58. The van der Waals surface area contributed by atoms with Gasteiger partial charge in [-0.2, -0.15) is 0 Å². The van der Waals surface area contributed by atoms with Crippen LogP contribution < -0.4 is 4.72 Å². The van der Waals surface area contributed by atoms with E-state index in [0.717, 1.165) is 11.1 Å². The van der Waals surface area contributed by atoms with Crippen LogP contribution in [-0.4, -0.2) is 45.5 Å². The minimum Gasteiger partial charge on any atom is -0.378 e. The van der Waals surface area contributed by atoms with Gasteiger partial charge in [0.1, 0.15) is 4.90 Å². The molecule has 0 atom stereocenters. The highest BCUT2D eigenvalue weighted by molar-refractivity contribution is 7.92. The van der Waals surface area contributed by atoms with E-state index in [1.165, 1.54) is 18.2 Å². The van der Waals surface area contributed by atoms with Crippen LogP contribution in [0.4, 0.5) is 5.69 Å². The molecule has 0 unspecified atom stereocenters. The zero-order chi connectivity index (χ0) is 19.6. The predicted molar refractivity (Wildman–Crippen MR) is 105 cm³/mol. The number of hydrogen-bond donors (Lipinski definition) is 1. The maximum atomic E-state index is 12.9. The molecule has 1 amide bonds. The Kier molecular flexibility index (Phi) is 5.74. The van der Waals surface area contributed by atoms with Crippen molar-refractivity contribution in [1.29, 1.82) is 0 Å². The van der Waals surface area contributed by atoms with E-state index < -0.39 is 10.0 Å². The molecular weight excluding hydrogens is 388 g/mol. The Morgan fingerprint density at radius 2 is 1.81 bits per heavy atom. The number of nitrogens with zero attached hydrogens (tertiary/aromatic N) is 1. The van der Waals surface area contributed by atoms with Gasteiger partial charge in [0.25, 0.3) is 15.9 Å². The lowest BCUT2D eigenvalue weighted by Crippen LogP contribution is -2.40. The van der Waals surface area contributed by atoms with Gasteiger partial charge in [0.15, 0.2) is 0 Å². The number of ether oxygens (including phenoxy) is 1. The molecule has 0 aromatic heterocycles. The number of carbonyl (C=O) groups is 1. The third kappa shape index (κ3) is 4.43. The monoisotopic (exact) mass is 408 g/mol. The van der Waals surface area contributed by atoms with E-state index in [4.69, 9.17) is 16.3 Å². The minimum atomic E-state index is -3.94. The van der Waals surface area contributed by atoms with Gasteiger partial charge in [0, 0.05) is 18.7 Å². The van der Waals surface area contributed by atoms with Crippen LogP contribution in [0.5, 0.6) is 0 Å². The summed E-state index contributed by atoms with van der Waals surface area (Å²) in [6, 6.07) is 9.72. The topological polar surface area (TPSA) is 75.7 Å². The molecule has 2 aromatic carbocycles. The SMILES string of the molecule is Cc1ccc(NS(=O)(=O)c2cc(C(=O)N3CCOCC3)ccc2Cl)c(C)c1. The number of morpholine rings is 1. The fraction of sp³-hybridized carbons (Fsp3) is 0.316. The summed E-state index contributed by atoms with van der Waals surface area (Å²) in [4.78, 5) is 14.2. The lowest BCUT2D eigenvalue weighted by atomic mass is 10.1. The van der Waals surface area contributed by atoms with Crippen LogP contribution in [0.1, 0.15) is 21.5 Å². The van der Waals surface area contributed by atoms with Gasteiger partial charge < -0.3 is 9.64 Å². The summed E-state index contributed by atoms with van der Waals surface area (Å²) in [5.74, 6) is -0.238. The molecule has 27 heavy (non-hydrogen) atoms. The zero-order valence-electron chi connectivity index (χ0n) is 15.2. The molecule has 3 rings (SSSR count). The second-order valence-corrected chi connectivity index (χ2v) is 8.53. The summed E-state index contributed by atoms with van der Waals surface area (Å²) in [5.41, 5.74) is 2.59. The number of amides is 1. The summed E-state index contributed by atoms with van der Waals surface area (Å²) >= 11 is 6.14. The molecule has 1 aliphatic rings. The van der Waals surface area contributed by atoms with E-state index in [1.54, 1.807) is 11.0 Å². The van der Waals surface area contributed by atoms with Crippen LogP contribution in [0.3, 0.4) is 0 Å². The predicted octanol–water partition coefficient (Wildman–Crippen LogP) is 3.23. The fourth-order valence-electron chi connectivity index (χ4n) is 2.92. The molecule has 1 saturated heterocycles. The van der Waals surface area contributed by atoms with Crippen molar-refractivity contribution in [3.8, 4) is 0 Å². The highest BCUT2D eigenvalue weighted by Gasteiger charge is 2.24. The maximum Gasteiger partial charge on any atom is 0.263 e. The first-order valence-electron chi connectivity index (χ1n) is 8.54. The van der Waals surface area contributed by atoms with Crippen LogP contribution in [0.15, 0.2) is 41.3 Å². The first-order valence-corrected chi connectivity index (χ1v) is 10.4. The van der Waals surface area contributed by atoms with E-state index in [2.05, 4.69) is 4.72 Å². The Balaban J connectivity index is 1.91. The summed E-state index contributed by atoms with van der Waals surface area (Å²) in [7, 11) is -3.94. The highest BCUT2D eigenvalue weighted by Crippen LogP contribution is 2.27. The third-order valence-electron chi connectivity index (χ3n) is 4.39. The van der Waals surface area contributed by atoms with Gasteiger partial charge >= 0.3 is 0 Å². The van der Waals surface area contributed by atoms with Crippen LogP contribution in [0.25, 0.3) is 0 Å². The van der Waals surface area contributed by atoms with Gasteiger partial charge in [-0.25, -0.2) is 8.42 Å². The summed E-state index contributed by atoms with van der Waals surface area (Å²) in [5, 5.41) is 0.0609. The van der Waals surface area contributed by atoms with Crippen molar-refractivity contribution in [2.75, 3.05) is 31.0 Å². The van der Waals surface area contributed by atoms with Gasteiger partial charge in [-0.3, -0.25) is 9.52 Å². The first kappa shape index (κ1) is 19.7. The number of aryl methyl sites for hydroxylation is 2. The lowest BCUT2D eigenvalue weighted by Gasteiger charge is -2.27. The number of anilines is 1. The normalized spacial score (nSPS) is 14.9.